The maximum Gasteiger partial charge on any atom is 0.407 e. The van der Waals surface area contributed by atoms with Gasteiger partial charge in [-0.15, -0.1) is 10.2 Å². The van der Waals surface area contributed by atoms with Crippen LogP contribution in [-0.4, -0.2) is 50.8 Å². The minimum atomic E-state index is -0.492. The summed E-state index contributed by atoms with van der Waals surface area (Å²) in [4.78, 5) is 14.0. The molecule has 1 aliphatic heterocycles. The molecule has 0 bridgehead atoms. The molecular formula is C17H24N6O2. The summed E-state index contributed by atoms with van der Waals surface area (Å²) in [6, 6.07) is 5.78. The van der Waals surface area contributed by atoms with Crippen molar-refractivity contribution in [2.75, 3.05) is 18.0 Å². The standard InChI is InChI=1S/C17H24N6O2/c1-12-7-10-23(21-12)15-6-5-14(19-20-15)22-9-8-13(11-22)18-16(24)25-17(2,3)4/h5-7,10,13H,8-9,11H2,1-4H3,(H,18,24)/t13-/m1/s1. The average Bonchev–Trinajstić information content (AvgIpc) is 3.15. The molecule has 0 unspecified atom stereocenters. The van der Waals surface area contributed by atoms with Gasteiger partial charge in [0.2, 0.25) is 0 Å². The van der Waals surface area contributed by atoms with Crippen LogP contribution in [0.1, 0.15) is 32.9 Å². The van der Waals surface area contributed by atoms with Gasteiger partial charge in [0.15, 0.2) is 11.6 Å². The molecule has 0 saturated carbocycles. The summed E-state index contributed by atoms with van der Waals surface area (Å²) in [7, 11) is 0. The highest BCUT2D eigenvalue weighted by molar-refractivity contribution is 5.68. The smallest absolute Gasteiger partial charge is 0.407 e. The van der Waals surface area contributed by atoms with E-state index >= 15 is 0 Å². The first-order valence-corrected chi connectivity index (χ1v) is 8.41. The Morgan fingerprint density at radius 2 is 1.96 bits per heavy atom. The highest BCUT2D eigenvalue weighted by Crippen LogP contribution is 2.18. The molecular weight excluding hydrogens is 320 g/mol. The number of aryl methyl sites for hydroxylation is 1. The van der Waals surface area contributed by atoms with Crippen molar-refractivity contribution in [3.05, 3.63) is 30.1 Å². The van der Waals surface area contributed by atoms with Gasteiger partial charge in [0, 0.05) is 19.3 Å². The maximum atomic E-state index is 11.9. The molecule has 1 amide bonds. The van der Waals surface area contributed by atoms with Crippen molar-refractivity contribution in [1.82, 2.24) is 25.3 Å². The normalized spacial score (nSPS) is 17.6. The average molecular weight is 344 g/mol. The molecule has 2 aromatic heterocycles. The number of nitrogens with one attached hydrogen (secondary N) is 1. The fourth-order valence-electron chi connectivity index (χ4n) is 2.71. The van der Waals surface area contributed by atoms with Crippen molar-refractivity contribution >= 4 is 11.9 Å². The van der Waals surface area contributed by atoms with Crippen LogP contribution in [0.25, 0.3) is 5.82 Å². The Balaban J connectivity index is 1.58. The molecule has 1 aliphatic rings. The van der Waals surface area contributed by atoms with Crippen LogP contribution < -0.4 is 10.2 Å². The van der Waals surface area contributed by atoms with Crippen molar-refractivity contribution in [1.29, 1.82) is 0 Å². The van der Waals surface area contributed by atoms with E-state index in [9.17, 15) is 4.79 Å². The van der Waals surface area contributed by atoms with Gasteiger partial charge >= 0.3 is 6.09 Å². The van der Waals surface area contributed by atoms with Crippen molar-refractivity contribution in [2.24, 2.45) is 0 Å². The van der Waals surface area contributed by atoms with E-state index in [1.165, 1.54) is 0 Å². The first-order valence-electron chi connectivity index (χ1n) is 8.41. The van der Waals surface area contributed by atoms with Gasteiger partial charge in [0.25, 0.3) is 0 Å². The van der Waals surface area contributed by atoms with Crippen molar-refractivity contribution in [3.63, 3.8) is 0 Å². The summed E-state index contributed by atoms with van der Waals surface area (Å²) in [5.74, 6) is 1.47. The Bertz CT molecular complexity index is 734. The summed E-state index contributed by atoms with van der Waals surface area (Å²) in [6.07, 6.45) is 2.33. The van der Waals surface area contributed by atoms with Gasteiger partial charge < -0.3 is 15.0 Å². The third kappa shape index (κ3) is 4.46. The number of hydrogen-bond donors (Lipinski definition) is 1. The first-order chi connectivity index (χ1) is 11.8. The molecule has 0 aliphatic carbocycles. The Kier molecular flexibility index (Phi) is 4.61. The largest absolute Gasteiger partial charge is 0.444 e. The molecule has 134 valence electrons. The van der Waals surface area contributed by atoms with Gasteiger partial charge in [-0.05, 0) is 52.3 Å². The zero-order valence-corrected chi connectivity index (χ0v) is 15.1. The Labute approximate surface area is 147 Å². The van der Waals surface area contributed by atoms with Crippen LogP contribution in [0, 0.1) is 6.92 Å². The van der Waals surface area contributed by atoms with E-state index in [-0.39, 0.29) is 12.1 Å². The van der Waals surface area contributed by atoms with Crippen LogP contribution in [-0.2, 0) is 4.74 Å². The number of rotatable bonds is 3. The van der Waals surface area contributed by atoms with Gasteiger partial charge in [0.1, 0.15) is 5.60 Å². The SMILES string of the molecule is Cc1ccn(-c2ccc(N3CC[C@@H](NC(=O)OC(C)(C)C)C3)nn2)n1. The number of nitrogens with zero attached hydrogens (tertiary/aromatic N) is 5. The maximum absolute atomic E-state index is 11.9. The van der Waals surface area contributed by atoms with Gasteiger partial charge in [-0.3, -0.25) is 0 Å². The van der Waals surface area contributed by atoms with E-state index in [1.54, 1.807) is 4.68 Å². The molecule has 1 fully saturated rings. The molecule has 1 saturated heterocycles. The molecule has 0 spiro atoms. The summed E-state index contributed by atoms with van der Waals surface area (Å²) in [5.41, 5.74) is 0.440. The van der Waals surface area contributed by atoms with Crippen molar-refractivity contribution in [3.8, 4) is 5.82 Å². The second kappa shape index (κ2) is 6.70. The highest BCUT2D eigenvalue weighted by Gasteiger charge is 2.27. The number of anilines is 1. The molecule has 3 rings (SSSR count). The zero-order chi connectivity index (χ0) is 18.0. The lowest BCUT2D eigenvalue weighted by molar-refractivity contribution is 0.0509. The van der Waals surface area contributed by atoms with Gasteiger partial charge in [-0.25, -0.2) is 9.48 Å². The molecule has 8 heteroatoms. The van der Waals surface area contributed by atoms with Gasteiger partial charge in [-0.2, -0.15) is 5.10 Å². The van der Waals surface area contributed by atoms with E-state index in [2.05, 4.69) is 25.5 Å². The molecule has 0 aromatic carbocycles. The monoisotopic (exact) mass is 344 g/mol. The number of carbonyl (C=O) groups excluding carboxylic acids is 1. The second-order valence-corrected chi connectivity index (χ2v) is 7.23. The number of hydrogen-bond acceptors (Lipinski definition) is 6. The van der Waals surface area contributed by atoms with Crippen LogP contribution in [0.15, 0.2) is 24.4 Å². The van der Waals surface area contributed by atoms with Crippen LogP contribution in [0.4, 0.5) is 10.6 Å². The van der Waals surface area contributed by atoms with Gasteiger partial charge in [0.05, 0.1) is 11.7 Å². The Hall–Kier alpha value is -2.64. The van der Waals surface area contributed by atoms with E-state index < -0.39 is 5.60 Å². The van der Waals surface area contributed by atoms with Crippen molar-refractivity contribution in [2.45, 2.75) is 45.8 Å². The highest BCUT2D eigenvalue weighted by atomic mass is 16.6. The number of carbonyl (C=O) groups is 1. The second-order valence-electron chi connectivity index (χ2n) is 7.23. The van der Waals surface area contributed by atoms with Crippen LogP contribution in [0.3, 0.4) is 0 Å². The fraction of sp³-hybridized carbons (Fsp3) is 0.529. The first kappa shape index (κ1) is 17.2. The molecule has 2 aromatic rings. The number of ether oxygens (including phenoxy) is 1. The predicted octanol–water partition coefficient (Wildman–Crippen LogP) is 2.07. The summed E-state index contributed by atoms with van der Waals surface area (Å²) in [6.45, 7) is 8.99. The zero-order valence-electron chi connectivity index (χ0n) is 15.1. The Morgan fingerprint density at radius 3 is 2.56 bits per heavy atom. The molecule has 3 heterocycles. The molecule has 8 nitrogen and oxygen atoms in total. The Morgan fingerprint density at radius 1 is 1.24 bits per heavy atom. The van der Waals surface area contributed by atoms with Crippen LogP contribution in [0.2, 0.25) is 0 Å². The summed E-state index contributed by atoms with van der Waals surface area (Å²) in [5, 5.41) is 15.8. The summed E-state index contributed by atoms with van der Waals surface area (Å²) < 4.78 is 7.00. The predicted molar refractivity (Wildman–Crippen MR) is 93.9 cm³/mol. The van der Waals surface area contributed by atoms with Gasteiger partial charge in [-0.1, -0.05) is 0 Å². The van der Waals surface area contributed by atoms with E-state index in [1.807, 2.05) is 52.1 Å². The van der Waals surface area contributed by atoms with Crippen molar-refractivity contribution < 1.29 is 9.53 Å². The lowest BCUT2D eigenvalue weighted by Gasteiger charge is -2.22. The topological polar surface area (TPSA) is 85.2 Å². The number of alkyl carbamates (subject to hydrolysis) is 1. The van der Waals surface area contributed by atoms with E-state index in [4.69, 9.17) is 4.74 Å². The van der Waals surface area contributed by atoms with Crippen LogP contribution in [0.5, 0.6) is 0 Å². The minimum absolute atomic E-state index is 0.0464. The summed E-state index contributed by atoms with van der Waals surface area (Å²) >= 11 is 0. The quantitative estimate of drug-likeness (QED) is 0.917. The van der Waals surface area contributed by atoms with Crippen LogP contribution >= 0.6 is 0 Å². The molecule has 1 atom stereocenters. The number of aromatic nitrogens is 4. The molecule has 0 radical (unpaired) electrons. The third-order valence-corrected chi connectivity index (χ3v) is 3.83. The van der Waals surface area contributed by atoms with E-state index in [0.717, 1.165) is 24.5 Å². The van der Waals surface area contributed by atoms with E-state index in [0.29, 0.717) is 12.4 Å². The lowest BCUT2D eigenvalue weighted by atomic mass is 10.2. The molecule has 25 heavy (non-hydrogen) atoms. The molecule has 1 N–H and O–H groups in total. The third-order valence-electron chi connectivity index (χ3n) is 3.83. The lowest BCUT2D eigenvalue weighted by Crippen LogP contribution is -2.40. The minimum Gasteiger partial charge on any atom is -0.444 e. The fourth-order valence-corrected chi connectivity index (χ4v) is 2.71. The number of amides is 1.